The van der Waals surface area contributed by atoms with E-state index in [9.17, 15) is 0 Å². The molecule has 0 heterocycles. The molecule has 0 amide bonds. The van der Waals surface area contributed by atoms with Crippen LogP contribution in [0, 0.1) is 12.3 Å². The molecule has 2 nitrogen and oxygen atoms in total. The lowest BCUT2D eigenvalue weighted by atomic mass is 10.2. The number of benzene rings is 1. The van der Waals surface area contributed by atoms with E-state index in [0.717, 1.165) is 12.3 Å². The summed E-state index contributed by atoms with van der Waals surface area (Å²) in [6.45, 7) is 4.05. The van der Waals surface area contributed by atoms with Crippen molar-refractivity contribution in [3.63, 3.8) is 0 Å². The molecular weight excluding hydrogens is 174 g/mol. The molecule has 74 valence electrons. The van der Waals surface area contributed by atoms with Crippen LogP contribution in [0.1, 0.15) is 12.5 Å². The van der Waals surface area contributed by atoms with Crippen LogP contribution in [0.3, 0.4) is 0 Å². The zero-order chi connectivity index (χ0) is 10.2. The molecule has 0 saturated carbocycles. The van der Waals surface area contributed by atoms with Crippen LogP contribution < -0.4 is 10.1 Å². The van der Waals surface area contributed by atoms with Gasteiger partial charge in [0, 0.05) is 6.54 Å². The van der Waals surface area contributed by atoms with Crippen LogP contribution in [0.25, 0.3) is 0 Å². The van der Waals surface area contributed by atoms with Gasteiger partial charge >= 0.3 is 0 Å². The normalized spacial score (nSPS) is 9.43. The topological polar surface area (TPSA) is 21.3 Å². The Morgan fingerprint density at radius 3 is 3.07 bits per heavy atom. The summed E-state index contributed by atoms with van der Waals surface area (Å²) in [6.07, 6.45) is 5.13. The molecule has 0 radical (unpaired) electrons. The second-order valence-corrected chi connectivity index (χ2v) is 2.89. The van der Waals surface area contributed by atoms with E-state index in [1.807, 2.05) is 31.2 Å². The van der Waals surface area contributed by atoms with E-state index in [2.05, 4.69) is 11.2 Å². The van der Waals surface area contributed by atoms with Crippen molar-refractivity contribution >= 4 is 0 Å². The molecule has 0 aromatic heterocycles. The maximum absolute atomic E-state index is 5.38. The van der Waals surface area contributed by atoms with Gasteiger partial charge < -0.3 is 10.1 Å². The summed E-state index contributed by atoms with van der Waals surface area (Å²) in [5.41, 5.74) is 1.19. The highest BCUT2D eigenvalue weighted by atomic mass is 16.5. The number of ether oxygens (including phenoxy) is 1. The lowest BCUT2D eigenvalue weighted by molar-refractivity contribution is 0.340. The zero-order valence-electron chi connectivity index (χ0n) is 8.42. The van der Waals surface area contributed by atoms with Crippen molar-refractivity contribution in [1.29, 1.82) is 0 Å². The van der Waals surface area contributed by atoms with E-state index >= 15 is 0 Å². The Morgan fingerprint density at radius 1 is 1.50 bits per heavy atom. The van der Waals surface area contributed by atoms with Gasteiger partial charge in [-0.1, -0.05) is 18.1 Å². The minimum Gasteiger partial charge on any atom is -0.494 e. The quantitative estimate of drug-likeness (QED) is 0.563. The van der Waals surface area contributed by atoms with E-state index < -0.39 is 0 Å². The largest absolute Gasteiger partial charge is 0.494 e. The lowest BCUT2D eigenvalue weighted by Crippen LogP contribution is -2.12. The molecule has 1 aromatic carbocycles. The molecule has 1 N–H and O–H groups in total. The van der Waals surface area contributed by atoms with Gasteiger partial charge in [-0.2, -0.15) is 0 Å². The van der Waals surface area contributed by atoms with Crippen molar-refractivity contribution in [3.05, 3.63) is 29.8 Å². The van der Waals surface area contributed by atoms with E-state index in [0.29, 0.717) is 13.2 Å². The maximum Gasteiger partial charge on any atom is 0.119 e. The van der Waals surface area contributed by atoms with Gasteiger partial charge in [0.1, 0.15) is 5.75 Å². The van der Waals surface area contributed by atoms with Crippen LogP contribution in [0.2, 0.25) is 0 Å². The summed E-state index contributed by atoms with van der Waals surface area (Å²) in [4.78, 5) is 0. The number of hydrogen-bond donors (Lipinski definition) is 1. The molecule has 1 aromatic rings. The minimum atomic E-state index is 0.596. The van der Waals surface area contributed by atoms with Crippen LogP contribution in [-0.2, 0) is 6.54 Å². The highest BCUT2D eigenvalue weighted by molar-refractivity contribution is 5.28. The average molecular weight is 189 g/mol. The molecule has 0 bridgehead atoms. The molecule has 0 unspecified atom stereocenters. The molecule has 0 aliphatic heterocycles. The van der Waals surface area contributed by atoms with Crippen LogP contribution >= 0.6 is 0 Å². The first kappa shape index (κ1) is 10.6. The van der Waals surface area contributed by atoms with Gasteiger partial charge in [0.15, 0.2) is 0 Å². The van der Waals surface area contributed by atoms with E-state index in [1.54, 1.807) is 0 Å². The van der Waals surface area contributed by atoms with Crippen molar-refractivity contribution in [2.24, 2.45) is 0 Å². The molecule has 0 saturated heterocycles. The molecule has 2 heteroatoms. The zero-order valence-corrected chi connectivity index (χ0v) is 8.42. The number of nitrogens with one attached hydrogen (secondary N) is 1. The average Bonchev–Trinajstić information content (AvgIpc) is 2.19. The maximum atomic E-state index is 5.38. The molecular formula is C12H15NO. The second kappa shape index (κ2) is 6.06. The summed E-state index contributed by atoms with van der Waals surface area (Å²) in [6, 6.07) is 8.01. The van der Waals surface area contributed by atoms with Gasteiger partial charge in [0.05, 0.1) is 13.2 Å². The van der Waals surface area contributed by atoms with Crippen LogP contribution in [0.5, 0.6) is 5.75 Å². The fraction of sp³-hybridized carbons (Fsp3) is 0.333. The summed E-state index contributed by atoms with van der Waals surface area (Å²) in [7, 11) is 0. The lowest BCUT2D eigenvalue weighted by Gasteiger charge is -2.05. The molecule has 0 aliphatic rings. The van der Waals surface area contributed by atoms with Crippen molar-refractivity contribution < 1.29 is 4.74 Å². The Morgan fingerprint density at radius 2 is 2.36 bits per heavy atom. The van der Waals surface area contributed by atoms with Crippen LogP contribution in [-0.4, -0.2) is 13.2 Å². The third kappa shape index (κ3) is 3.51. The molecule has 0 aliphatic carbocycles. The van der Waals surface area contributed by atoms with Crippen LogP contribution in [0.4, 0.5) is 0 Å². The standard InChI is InChI=1S/C12H15NO/c1-3-8-13-10-11-6-5-7-12(9-11)14-4-2/h1,5-7,9,13H,4,8,10H2,2H3. The predicted molar refractivity (Wildman–Crippen MR) is 58.2 cm³/mol. The monoisotopic (exact) mass is 189 g/mol. The van der Waals surface area contributed by atoms with Gasteiger partial charge in [-0.15, -0.1) is 6.42 Å². The summed E-state index contributed by atoms with van der Waals surface area (Å²) in [5, 5.41) is 3.13. The highest BCUT2D eigenvalue weighted by Gasteiger charge is 1.94. The van der Waals surface area contributed by atoms with Crippen molar-refractivity contribution in [2.75, 3.05) is 13.2 Å². The fourth-order valence-electron chi connectivity index (χ4n) is 1.19. The third-order valence-electron chi connectivity index (χ3n) is 1.77. The van der Waals surface area contributed by atoms with Gasteiger partial charge in [0.2, 0.25) is 0 Å². The molecule has 14 heavy (non-hydrogen) atoms. The fourth-order valence-corrected chi connectivity index (χ4v) is 1.19. The van der Waals surface area contributed by atoms with Gasteiger partial charge in [-0.05, 0) is 24.6 Å². The van der Waals surface area contributed by atoms with E-state index in [4.69, 9.17) is 11.2 Å². The van der Waals surface area contributed by atoms with Crippen LogP contribution in [0.15, 0.2) is 24.3 Å². The minimum absolute atomic E-state index is 0.596. The first-order valence-corrected chi connectivity index (χ1v) is 4.72. The molecule has 0 spiro atoms. The first-order chi connectivity index (χ1) is 6.86. The van der Waals surface area contributed by atoms with Crippen molar-refractivity contribution in [3.8, 4) is 18.1 Å². The van der Waals surface area contributed by atoms with Gasteiger partial charge in [0.25, 0.3) is 0 Å². The summed E-state index contributed by atoms with van der Waals surface area (Å²) >= 11 is 0. The van der Waals surface area contributed by atoms with E-state index in [1.165, 1.54) is 5.56 Å². The van der Waals surface area contributed by atoms with Gasteiger partial charge in [-0.25, -0.2) is 0 Å². The molecule has 1 rings (SSSR count). The smallest absolute Gasteiger partial charge is 0.119 e. The highest BCUT2D eigenvalue weighted by Crippen LogP contribution is 2.12. The van der Waals surface area contributed by atoms with E-state index in [-0.39, 0.29) is 0 Å². The Hall–Kier alpha value is -1.46. The summed E-state index contributed by atoms with van der Waals surface area (Å²) in [5.74, 6) is 3.45. The van der Waals surface area contributed by atoms with Crippen molar-refractivity contribution in [1.82, 2.24) is 5.32 Å². The first-order valence-electron chi connectivity index (χ1n) is 4.72. The third-order valence-corrected chi connectivity index (χ3v) is 1.77. The van der Waals surface area contributed by atoms with Gasteiger partial charge in [-0.3, -0.25) is 0 Å². The molecule has 0 fully saturated rings. The summed E-state index contributed by atoms with van der Waals surface area (Å²) < 4.78 is 5.38. The molecule has 0 atom stereocenters. The number of rotatable bonds is 5. The SMILES string of the molecule is C#CCNCc1cccc(OCC)c1. The van der Waals surface area contributed by atoms with Crippen molar-refractivity contribution in [2.45, 2.75) is 13.5 Å². The second-order valence-electron chi connectivity index (χ2n) is 2.89. The Labute approximate surface area is 85.3 Å². The predicted octanol–water partition coefficient (Wildman–Crippen LogP) is 1.81. The number of hydrogen-bond acceptors (Lipinski definition) is 2. The Bertz CT molecular complexity index is 314. The number of terminal acetylenes is 1. The Kier molecular flexibility index (Phi) is 4.60. The Balaban J connectivity index is 2.51.